The first-order valence-electron chi connectivity index (χ1n) is 5.94. The van der Waals surface area contributed by atoms with Crippen molar-refractivity contribution in [3.63, 3.8) is 0 Å². The number of nitrogens with two attached hydrogens (primary N) is 1. The van der Waals surface area contributed by atoms with Crippen molar-refractivity contribution in [2.45, 2.75) is 25.1 Å². The molecule has 0 amide bonds. The van der Waals surface area contributed by atoms with Crippen molar-refractivity contribution < 1.29 is 13.2 Å². The molecule has 1 aromatic heterocycles. The van der Waals surface area contributed by atoms with Crippen LogP contribution in [0.5, 0.6) is 0 Å². The normalized spacial score (nSPS) is 25.8. The van der Waals surface area contributed by atoms with Gasteiger partial charge in [-0.2, -0.15) is 13.2 Å². The molecule has 2 heterocycles. The zero-order valence-corrected chi connectivity index (χ0v) is 9.74. The van der Waals surface area contributed by atoms with Gasteiger partial charge in [-0.3, -0.25) is 4.98 Å². The van der Waals surface area contributed by atoms with Crippen LogP contribution < -0.4 is 10.6 Å². The molecule has 3 nitrogen and oxygen atoms in total. The van der Waals surface area contributed by atoms with E-state index >= 15 is 0 Å². The number of rotatable bonds is 1. The summed E-state index contributed by atoms with van der Waals surface area (Å²) in [5.41, 5.74) is 6.00. The van der Waals surface area contributed by atoms with Crippen LogP contribution in [-0.2, 0) is 6.18 Å². The molecule has 0 aromatic carbocycles. The molecule has 1 saturated carbocycles. The van der Waals surface area contributed by atoms with Crippen LogP contribution in [0.4, 0.5) is 18.9 Å². The summed E-state index contributed by atoms with van der Waals surface area (Å²) in [6.45, 7) is 1.36. The lowest BCUT2D eigenvalue weighted by molar-refractivity contribution is -0.137. The first kappa shape index (κ1) is 11.8. The Hall–Kier alpha value is -1.30. The van der Waals surface area contributed by atoms with Crippen molar-refractivity contribution in [2.24, 2.45) is 11.1 Å². The van der Waals surface area contributed by atoms with Gasteiger partial charge in [-0.1, -0.05) is 0 Å². The van der Waals surface area contributed by atoms with Crippen LogP contribution in [0.1, 0.15) is 18.4 Å². The number of nitrogens with zero attached hydrogens (tertiary/aromatic N) is 2. The van der Waals surface area contributed by atoms with Crippen LogP contribution in [0.25, 0.3) is 0 Å². The van der Waals surface area contributed by atoms with Gasteiger partial charge >= 0.3 is 6.18 Å². The molecule has 1 saturated heterocycles. The number of pyridine rings is 1. The maximum absolute atomic E-state index is 12.6. The number of alkyl halides is 3. The van der Waals surface area contributed by atoms with E-state index in [2.05, 4.69) is 4.98 Å². The van der Waals surface area contributed by atoms with Gasteiger partial charge in [-0.25, -0.2) is 0 Å². The summed E-state index contributed by atoms with van der Waals surface area (Å²) in [6, 6.07) is 1.22. The molecular formula is C12H14F3N3. The standard InChI is InChI=1S/C12H14F3N3/c13-12(14,15)8-3-9(5-17-4-8)18-6-10(16)11(7-18)1-2-11/h3-5,10H,1-2,6-7,16H2/t10-/m0/s1. The van der Waals surface area contributed by atoms with Crippen molar-refractivity contribution in [2.75, 3.05) is 18.0 Å². The molecule has 6 heteroatoms. The number of halogens is 3. The Bertz CT molecular complexity index is 468. The van der Waals surface area contributed by atoms with Crippen LogP contribution >= 0.6 is 0 Å². The van der Waals surface area contributed by atoms with Gasteiger partial charge in [0.05, 0.1) is 17.4 Å². The molecule has 2 fully saturated rings. The molecule has 1 aliphatic heterocycles. The second-order valence-corrected chi connectivity index (χ2v) is 5.28. The molecule has 2 aliphatic rings. The Balaban J connectivity index is 1.85. The number of hydrogen-bond acceptors (Lipinski definition) is 3. The SMILES string of the molecule is N[C@H]1CN(c2cncc(C(F)(F)F)c2)CC12CC2. The van der Waals surface area contributed by atoms with Gasteiger partial charge in [0.15, 0.2) is 0 Å². The largest absolute Gasteiger partial charge is 0.417 e. The minimum atomic E-state index is -4.35. The van der Waals surface area contributed by atoms with E-state index < -0.39 is 11.7 Å². The van der Waals surface area contributed by atoms with Crippen LogP contribution in [0.2, 0.25) is 0 Å². The van der Waals surface area contributed by atoms with Crippen LogP contribution in [0.15, 0.2) is 18.5 Å². The summed E-state index contributed by atoms with van der Waals surface area (Å²) >= 11 is 0. The minimum absolute atomic E-state index is 0.0621. The fraction of sp³-hybridized carbons (Fsp3) is 0.583. The van der Waals surface area contributed by atoms with E-state index in [1.54, 1.807) is 0 Å². The molecule has 98 valence electrons. The van der Waals surface area contributed by atoms with Gasteiger partial charge < -0.3 is 10.6 Å². The van der Waals surface area contributed by atoms with Crippen molar-refractivity contribution in [1.82, 2.24) is 4.98 Å². The zero-order chi connectivity index (χ0) is 13.0. The van der Waals surface area contributed by atoms with E-state index in [1.807, 2.05) is 4.90 Å². The van der Waals surface area contributed by atoms with Gasteiger partial charge in [-0.05, 0) is 18.9 Å². The topological polar surface area (TPSA) is 42.1 Å². The fourth-order valence-corrected chi connectivity index (χ4v) is 2.63. The van der Waals surface area contributed by atoms with E-state index in [9.17, 15) is 13.2 Å². The number of hydrogen-bond donors (Lipinski definition) is 1. The third-order valence-electron chi connectivity index (χ3n) is 4.02. The molecular weight excluding hydrogens is 243 g/mol. The number of aromatic nitrogens is 1. The molecule has 1 atom stereocenters. The maximum atomic E-state index is 12.6. The highest BCUT2D eigenvalue weighted by atomic mass is 19.4. The van der Waals surface area contributed by atoms with Gasteiger partial charge in [0.1, 0.15) is 0 Å². The van der Waals surface area contributed by atoms with Crippen LogP contribution in [0.3, 0.4) is 0 Å². The monoisotopic (exact) mass is 257 g/mol. The average Bonchev–Trinajstić information content (AvgIpc) is 3.00. The predicted octanol–water partition coefficient (Wildman–Crippen LogP) is 2.03. The van der Waals surface area contributed by atoms with Gasteiger partial charge in [0.2, 0.25) is 0 Å². The van der Waals surface area contributed by atoms with Crippen LogP contribution in [0, 0.1) is 5.41 Å². The number of anilines is 1. The first-order chi connectivity index (χ1) is 8.41. The molecule has 2 N–H and O–H groups in total. The molecule has 1 spiro atoms. The quantitative estimate of drug-likeness (QED) is 0.837. The second-order valence-electron chi connectivity index (χ2n) is 5.28. The Morgan fingerprint density at radius 1 is 1.33 bits per heavy atom. The predicted molar refractivity (Wildman–Crippen MR) is 61.1 cm³/mol. The zero-order valence-electron chi connectivity index (χ0n) is 9.74. The van der Waals surface area contributed by atoms with E-state index in [0.29, 0.717) is 12.2 Å². The molecule has 0 bridgehead atoms. The second kappa shape index (κ2) is 3.60. The molecule has 1 aromatic rings. The van der Waals surface area contributed by atoms with E-state index in [0.717, 1.165) is 31.6 Å². The third kappa shape index (κ3) is 1.84. The lowest BCUT2D eigenvalue weighted by atomic mass is 10.0. The summed E-state index contributed by atoms with van der Waals surface area (Å²) in [4.78, 5) is 5.60. The van der Waals surface area contributed by atoms with Crippen molar-refractivity contribution in [3.05, 3.63) is 24.0 Å². The summed E-state index contributed by atoms with van der Waals surface area (Å²) in [5.74, 6) is 0. The van der Waals surface area contributed by atoms with Crippen molar-refractivity contribution in [1.29, 1.82) is 0 Å². The van der Waals surface area contributed by atoms with Crippen molar-refractivity contribution in [3.8, 4) is 0 Å². The van der Waals surface area contributed by atoms with Gasteiger partial charge in [0.25, 0.3) is 0 Å². The van der Waals surface area contributed by atoms with E-state index in [1.165, 1.54) is 6.20 Å². The first-order valence-corrected chi connectivity index (χ1v) is 5.94. The molecule has 18 heavy (non-hydrogen) atoms. The lowest BCUT2D eigenvalue weighted by Crippen LogP contribution is -2.30. The Labute approximate surface area is 103 Å². The molecule has 0 unspecified atom stereocenters. The molecule has 0 radical (unpaired) electrons. The Morgan fingerprint density at radius 3 is 2.61 bits per heavy atom. The maximum Gasteiger partial charge on any atom is 0.417 e. The highest BCUT2D eigenvalue weighted by Gasteiger charge is 2.53. The smallest absolute Gasteiger partial charge is 0.368 e. The minimum Gasteiger partial charge on any atom is -0.368 e. The Kier molecular flexibility index (Phi) is 2.35. The van der Waals surface area contributed by atoms with Crippen molar-refractivity contribution >= 4 is 5.69 Å². The summed E-state index contributed by atoms with van der Waals surface area (Å²) in [5, 5.41) is 0. The Morgan fingerprint density at radius 2 is 2.06 bits per heavy atom. The third-order valence-corrected chi connectivity index (χ3v) is 4.02. The highest BCUT2D eigenvalue weighted by Crippen LogP contribution is 2.52. The average molecular weight is 257 g/mol. The molecule has 1 aliphatic carbocycles. The van der Waals surface area contributed by atoms with E-state index in [4.69, 9.17) is 5.73 Å². The van der Waals surface area contributed by atoms with Gasteiger partial charge in [0, 0.05) is 30.7 Å². The highest BCUT2D eigenvalue weighted by molar-refractivity contribution is 5.49. The summed E-state index contributed by atoms with van der Waals surface area (Å²) in [7, 11) is 0. The fourth-order valence-electron chi connectivity index (χ4n) is 2.63. The lowest BCUT2D eigenvalue weighted by Gasteiger charge is -2.19. The van der Waals surface area contributed by atoms with Gasteiger partial charge in [-0.15, -0.1) is 0 Å². The molecule has 3 rings (SSSR count). The van der Waals surface area contributed by atoms with E-state index in [-0.39, 0.29) is 11.5 Å². The summed E-state index contributed by atoms with van der Waals surface area (Å²) in [6.07, 6.45) is 0.145. The summed E-state index contributed by atoms with van der Waals surface area (Å²) < 4.78 is 37.8. The van der Waals surface area contributed by atoms with Crippen LogP contribution in [-0.4, -0.2) is 24.1 Å².